The van der Waals surface area contributed by atoms with Gasteiger partial charge < -0.3 is 19.0 Å². The highest BCUT2D eigenvalue weighted by atomic mass is 32.1. The van der Waals surface area contributed by atoms with Crippen molar-refractivity contribution in [2.45, 2.75) is 39.2 Å². The van der Waals surface area contributed by atoms with Crippen molar-refractivity contribution in [3.63, 3.8) is 0 Å². The van der Waals surface area contributed by atoms with Gasteiger partial charge in [-0.2, -0.15) is 0 Å². The molecule has 1 aliphatic carbocycles. The van der Waals surface area contributed by atoms with Crippen LogP contribution in [-0.4, -0.2) is 22.6 Å². The Balaban J connectivity index is 1.35. The van der Waals surface area contributed by atoms with Crippen LogP contribution in [0.4, 0.5) is 0 Å². The number of rotatable bonds is 7. The van der Waals surface area contributed by atoms with Gasteiger partial charge in [-0.05, 0) is 91.9 Å². The van der Waals surface area contributed by atoms with Crippen molar-refractivity contribution in [3.8, 4) is 22.7 Å². The lowest BCUT2D eigenvalue weighted by atomic mass is 9.90. The van der Waals surface area contributed by atoms with Crippen molar-refractivity contribution in [1.29, 1.82) is 0 Å². The van der Waals surface area contributed by atoms with Crippen LogP contribution >= 0.6 is 11.3 Å². The zero-order chi connectivity index (χ0) is 24.6. The summed E-state index contributed by atoms with van der Waals surface area (Å²) in [6, 6.07) is 18.8. The fraction of sp³-hybridized carbons (Fsp3) is 0.241. The van der Waals surface area contributed by atoms with Crippen LogP contribution in [0.5, 0.6) is 5.75 Å². The third kappa shape index (κ3) is 4.20. The number of carbonyl (C=O) groups is 1. The van der Waals surface area contributed by atoms with E-state index in [0.29, 0.717) is 19.4 Å². The molecule has 1 amide bonds. The first-order chi connectivity index (χ1) is 17.6. The molecule has 3 heterocycles. The van der Waals surface area contributed by atoms with E-state index in [1.165, 1.54) is 22.4 Å². The largest absolute Gasteiger partial charge is 0.497 e. The van der Waals surface area contributed by atoms with E-state index in [1.54, 1.807) is 18.4 Å². The first-order valence-electron chi connectivity index (χ1n) is 12.2. The standard InChI is InChI=1S/C29H27N3O3S/c1-18-3-8-24(35-18)16-30-28(33)12-7-21-13-20-5-4-19-14-23(34-2)9-10-25(19)29(20)32(21)22-6-11-26-27(15-22)36-17-31-26/h3,6,8-11,13-15,17H,4-5,7,12,16H2,1-2H3,(H,30,33). The first-order valence-corrected chi connectivity index (χ1v) is 13.0. The highest BCUT2D eigenvalue weighted by Gasteiger charge is 2.24. The number of carbonyl (C=O) groups excluding carboxylic acids is 1. The molecule has 0 saturated carbocycles. The van der Waals surface area contributed by atoms with Crippen molar-refractivity contribution in [2.75, 3.05) is 7.11 Å². The number of nitrogens with one attached hydrogen (secondary N) is 1. The van der Waals surface area contributed by atoms with Gasteiger partial charge >= 0.3 is 0 Å². The number of thiazole rings is 1. The number of ether oxygens (including phenoxy) is 1. The lowest BCUT2D eigenvalue weighted by molar-refractivity contribution is -0.121. The molecule has 0 atom stereocenters. The predicted octanol–water partition coefficient (Wildman–Crippen LogP) is 6.01. The molecule has 7 heteroatoms. The molecular weight excluding hydrogens is 470 g/mol. The lowest BCUT2D eigenvalue weighted by Gasteiger charge is -2.21. The summed E-state index contributed by atoms with van der Waals surface area (Å²) < 4.78 is 14.5. The highest BCUT2D eigenvalue weighted by molar-refractivity contribution is 7.16. The summed E-state index contributed by atoms with van der Waals surface area (Å²) in [5.74, 6) is 2.51. The lowest BCUT2D eigenvalue weighted by Crippen LogP contribution is -2.23. The number of aromatic nitrogens is 2. The van der Waals surface area contributed by atoms with Gasteiger partial charge in [-0.3, -0.25) is 4.79 Å². The number of furan rings is 1. The van der Waals surface area contributed by atoms with E-state index in [0.717, 1.165) is 51.7 Å². The van der Waals surface area contributed by atoms with Gasteiger partial charge in [-0.1, -0.05) is 0 Å². The van der Waals surface area contributed by atoms with Crippen molar-refractivity contribution >= 4 is 27.5 Å². The maximum absolute atomic E-state index is 12.7. The number of nitrogens with zero attached hydrogens (tertiary/aromatic N) is 2. The van der Waals surface area contributed by atoms with Crippen LogP contribution in [0.3, 0.4) is 0 Å². The Bertz CT molecular complexity index is 1580. The fourth-order valence-corrected chi connectivity index (χ4v) is 5.78. The number of methoxy groups -OCH3 is 1. The summed E-state index contributed by atoms with van der Waals surface area (Å²) in [7, 11) is 1.71. The number of hydrogen-bond acceptors (Lipinski definition) is 5. The molecule has 36 heavy (non-hydrogen) atoms. The summed E-state index contributed by atoms with van der Waals surface area (Å²) in [5.41, 5.74) is 10.2. The third-order valence-electron chi connectivity index (χ3n) is 6.82. The molecule has 1 aliphatic rings. The number of amides is 1. The Morgan fingerprint density at radius 2 is 2.00 bits per heavy atom. The van der Waals surface area contributed by atoms with Gasteiger partial charge in [0.1, 0.15) is 17.3 Å². The van der Waals surface area contributed by atoms with Crippen LogP contribution in [0.2, 0.25) is 0 Å². The van der Waals surface area contributed by atoms with E-state index in [2.05, 4.69) is 51.3 Å². The molecule has 6 nitrogen and oxygen atoms in total. The molecule has 0 saturated heterocycles. The molecule has 5 aromatic rings. The minimum atomic E-state index is 0.0119. The molecule has 3 aromatic heterocycles. The second-order valence-corrected chi connectivity index (χ2v) is 10.0. The van der Waals surface area contributed by atoms with E-state index >= 15 is 0 Å². The van der Waals surface area contributed by atoms with Gasteiger partial charge in [-0.15, -0.1) is 11.3 Å². The molecule has 0 radical (unpaired) electrons. The van der Waals surface area contributed by atoms with Crippen molar-refractivity contribution < 1.29 is 13.9 Å². The van der Waals surface area contributed by atoms with E-state index in [4.69, 9.17) is 9.15 Å². The minimum absolute atomic E-state index is 0.0119. The molecule has 6 rings (SSSR count). The quantitative estimate of drug-likeness (QED) is 0.299. The molecule has 0 spiro atoms. The van der Waals surface area contributed by atoms with Gasteiger partial charge in [0.15, 0.2) is 0 Å². The minimum Gasteiger partial charge on any atom is -0.497 e. The Labute approximate surface area is 213 Å². The van der Waals surface area contributed by atoms with Gasteiger partial charge in [0, 0.05) is 23.4 Å². The fourth-order valence-electron chi connectivity index (χ4n) is 5.07. The van der Waals surface area contributed by atoms with Crippen LogP contribution in [0.1, 0.15) is 34.8 Å². The molecule has 0 bridgehead atoms. The Morgan fingerprint density at radius 3 is 2.83 bits per heavy atom. The number of aryl methyl sites for hydroxylation is 4. The molecular formula is C29H27N3O3S. The van der Waals surface area contributed by atoms with E-state index in [1.807, 2.05) is 30.6 Å². The molecule has 1 N–H and O–H groups in total. The van der Waals surface area contributed by atoms with Crippen LogP contribution < -0.4 is 10.1 Å². The van der Waals surface area contributed by atoms with E-state index in [9.17, 15) is 4.79 Å². The van der Waals surface area contributed by atoms with E-state index in [-0.39, 0.29) is 5.91 Å². The summed E-state index contributed by atoms with van der Waals surface area (Å²) in [5, 5.41) is 2.99. The van der Waals surface area contributed by atoms with Crippen LogP contribution in [0.15, 0.2) is 64.5 Å². The SMILES string of the molecule is COc1ccc2c(c1)CCc1cc(CCC(=O)NCc3ccc(C)o3)n(-c3ccc4ncsc4c3)c1-2. The van der Waals surface area contributed by atoms with Gasteiger partial charge in [0.05, 0.1) is 35.1 Å². The Kier molecular flexibility index (Phi) is 5.85. The monoisotopic (exact) mass is 497 g/mol. The summed E-state index contributed by atoms with van der Waals surface area (Å²) >= 11 is 1.64. The second kappa shape index (κ2) is 9.32. The molecule has 182 valence electrons. The van der Waals surface area contributed by atoms with Crippen LogP contribution in [0.25, 0.3) is 27.2 Å². The Morgan fingerprint density at radius 1 is 1.11 bits per heavy atom. The zero-order valence-corrected chi connectivity index (χ0v) is 21.2. The first kappa shape index (κ1) is 22.6. The normalized spacial score (nSPS) is 12.4. The van der Waals surface area contributed by atoms with Crippen molar-refractivity contribution in [3.05, 3.63) is 88.4 Å². The smallest absolute Gasteiger partial charge is 0.220 e. The van der Waals surface area contributed by atoms with Crippen molar-refractivity contribution in [1.82, 2.24) is 14.9 Å². The maximum Gasteiger partial charge on any atom is 0.220 e. The molecule has 0 aliphatic heterocycles. The number of fused-ring (bicyclic) bond motifs is 4. The summed E-state index contributed by atoms with van der Waals surface area (Å²) in [4.78, 5) is 17.2. The van der Waals surface area contributed by atoms with E-state index < -0.39 is 0 Å². The third-order valence-corrected chi connectivity index (χ3v) is 7.62. The summed E-state index contributed by atoms with van der Waals surface area (Å²) in [6.45, 7) is 2.31. The average molecular weight is 498 g/mol. The van der Waals surface area contributed by atoms with Gasteiger partial charge in [-0.25, -0.2) is 4.98 Å². The number of benzene rings is 2. The van der Waals surface area contributed by atoms with Crippen LogP contribution in [0, 0.1) is 6.92 Å². The molecule has 0 unspecified atom stereocenters. The topological polar surface area (TPSA) is 69.3 Å². The highest BCUT2D eigenvalue weighted by Crippen LogP contribution is 2.40. The maximum atomic E-state index is 12.7. The zero-order valence-electron chi connectivity index (χ0n) is 20.3. The predicted molar refractivity (Wildman–Crippen MR) is 142 cm³/mol. The number of hydrogen-bond donors (Lipinski definition) is 1. The van der Waals surface area contributed by atoms with Crippen LogP contribution in [-0.2, 0) is 30.6 Å². The molecule has 0 fully saturated rings. The van der Waals surface area contributed by atoms with Gasteiger partial charge in [0.25, 0.3) is 0 Å². The second-order valence-electron chi connectivity index (χ2n) is 9.16. The molecule has 2 aromatic carbocycles. The van der Waals surface area contributed by atoms with Crippen molar-refractivity contribution in [2.24, 2.45) is 0 Å². The average Bonchev–Trinajstić information content (AvgIpc) is 3.63. The Hall–Kier alpha value is -3.84. The van der Waals surface area contributed by atoms with Gasteiger partial charge in [0.2, 0.25) is 5.91 Å². The summed E-state index contributed by atoms with van der Waals surface area (Å²) in [6.07, 6.45) is 2.98.